The van der Waals surface area contributed by atoms with Gasteiger partial charge in [-0.05, 0) is 84.8 Å². The first-order chi connectivity index (χ1) is 23.6. The van der Waals surface area contributed by atoms with Crippen LogP contribution < -0.4 is 23.3 Å². The zero-order chi connectivity index (χ0) is 33.3. The molecular weight excluding hydrogens is 623 g/mol. The van der Waals surface area contributed by atoms with E-state index in [0.717, 1.165) is 86.0 Å². The van der Waals surface area contributed by atoms with E-state index >= 15 is 0 Å². The first-order valence-corrected chi connectivity index (χ1v) is 17.5. The third-order valence-electron chi connectivity index (χ3n) is 9.12. The van der Waals surface area contributed by atoms with E-state index < -0.39 is 0 Å². The Morgan fingerprint density at radius 2 is 1.35 bits per heavy atom. The van der Waals surface area contributed by atoms with Gasteiger partial charge in [0.05, 0.1) is 39.5 Å². The molecule has 1 saturated heterocycles. The smallest absolute Gasteiger partial charge is 0.249 e. The number of methoxy groups -OCH3 is 3. The number of hydrogen-bond donors (Lipinski definition) is 0. The van der Waals surface area contributed by atoms with Crippen LogP contribution in [0.25, 0.3) is 0 Å². The van der Waals surface area contributed by atoms with Crippen LogP contribution in [0.4, 0.5) is 5.69 Å². The average molecular weight is 668 g/mol. The lowest BCUT2D eigenvalue weighted by atomic mass is 9.90. The predicted molar refractivity (Wildman–Crippen MR) is 192 cm³/mol. The summed E-state index contributed by atoms with van der Waals surface area (Å²) in [6.07, 6.45) is 2.94. The monoisotopic (exact) mass is 667 g/mol. The van der Waals surface area contributed by atoms with Crippen LogP contribution in [0.15, 0.2) is 95.9 Å². The highest BCUT2D eigenvalue weighted by molar-refractivity contribution is 8.01. The van der Waals surface area contributed by atoms with Crippen molar-refractivity contribution < 1.29 is 23.7 Å². The summed E-state index contributed by atoms with van der Waals surface area (Å²) in [6.45, 7) is 6.91. The molecule has 0 aromatic heterocycles. The molecule has 6 rings (SSSR count). The lowest BCUT2D eigenvalue weighted by Gasteiger charge is -2.34. The van der Waals surface area contributed by atoms with E-state index in [4.69, 9.17) is 18.9 Å². The summed E-state index contributed by atoms with van der Waals surface area (Å²) in [7, 11) is 4.94. The second kappa shape index (κ2) is 16.3. The fraction of sp³-hybridized carbons (Fsp3) is 0.359. The molecule has 1 amide bonds. The number of ether oxygens (including phenoxy) is 4. The Balaban J connectivity index is 0.973. The van der Waals surface area contributed by atoms with Crippen LogP contribution in [0.5, 0.6) is 23.0 Å². The van der Waals surface area contributed by atoms with E-state index in [-0.39, 0.29) is 11.8 Å². The third kappa shape index (κ3) is 7.75. The molecule has 0 spiro atoms. The number of anilines is 1. The molecule has 8 nitrogen and oxygen atoms in total. The third-order valence-corrected chi connectivity index (χ3v) is 10.2. The van der Waals surface area contributed by atoms with Crippen LogP contribution >= 0.6 is 11.9 Å². The van der Waals surface area contributed by atoms with Gasteiger partial charge in [0.25, 0.3) is 0 Å². The molecule has 48 heavy (non-hydrogen) atoms. The zero-order valence-corrected chi connectivity index (χ0v) is 28.9. The number of nitrogens with zero attached hydrogens (tertiary/aromatic N) is 3. The Kier molecular flexibility index (Phi) is 11.4. The van der Waals surface area contributed by atoms with Gasteiger partial charge in [0.15, 0.2) is 11.5 Å². The molecule has 9 heteroatoms. The molecule has 2 aliphatic heterocycles. The number of piperazine rings is 1. The molecule has 252 valence electrons. The molecule has 4 aromatic rings. The molecular formula is C39H45N3O5S. The maximum absolute atomic E-state index is 14.0. The number of benzene rings is 4. The largest absolute Gasteiger partial charge is 0.493 e. The first kappa shape index (κ1) is 33.7. The van der Waals surface area contributed by atoms with E-state index in [1.165, 1.54) is 17.5 Å². The van der Waals surface area contributed by atoms with Gasteiger partial charge in [-0.1, -0.05) is 60.7 Å². The molecule has 2 aliphatic rings. The fourth-order valence-corrected chi connectivity index (χ4v) is 7.57. The molecule has 1 fully saturated rings. The van der Waals surface area contributed by atoms with E-state index in [9.17, 15) is 4.79 Å². The lowest BCUT2D eigenvalue weighted by Crippen LogP contribution is -2.47. The zero-order valence-electron chi connectivity index (χ0n) is 28.1. The molecule has 1 unspecified atom stereocenters. The molecule has 4 aromatic carbocycles. The minimum absolute atomic E-state index is 0.0449. The molecule has 2 heterocycles. The van der Waals surface area contributed by atoms with Crippen molar-refractivity contribution in [1.29, 1.82) is 0 Å². The van der Waals surface area contributed by atoms with Gasteiger partial charge in [0, 0.05) is 37.6 Å². The topological polar surface area (TPSA) is 63.7 Å². The van der Waals surface area contributed by atoms with Gasteiger partial charge in [-0.2, -0.15) is 0 Å². The Morgan fingerprint density at radius 3 is 2.06 bits per heavy atom. The number of amides is 1. The van der Waals surface area contributed by atoms with Gasteiger partial charge >= 0.3 is 0 Å². The van der Waals surface area contributed by atoms with Crippen molar-refractivity contribution in [3.63, 3.8) is 0 Å². The maximum atomic E-state index is 14.0. The van der Waals surface area contributed by atoms with Gasteiger partial charge in [-0.3, -0.25) is 4.79 Å². The minimum Gasteiger partial charge on any atom is -0.493 e. The highest BCUT2D eigenvalue weighted by Crippen LogP contribution is 2.46. The molecule has 0 bridgehead atoms. The van der Waals surface area contributed by atoms with Crippen molar-refractivity contribution in [3.05, 3.63) is 108 Å². The summed E-state index contributed by atoms with van der Waals surface area (Å²) in [6, 6.07) is 30.2. The number of fused-ring (bicyclic) bond motifs is 1. The van der Waals surface area contributed by atoms with Gasteiger partial charge in [-0.15, -0.1) is 0 Å². The Bertz CT molecular complexity index is 1640. The summed E-state index contributed by atoms with van der Waals surface area (Å²) in [4.78, 5) is 20.2. The number of hydrogen-bond acceptors (Lipinski definition) is 8. The molecule has 0 aliphatic carbocycles. The lowest BCUT2D eigenvalue weighted by molar-refractivity contribution is -0.118. The van der Waals surface area contributed by atoms with Crippen molar-refractivity contribution in [2.75, 3.05) is 71.5 Å². The summed E-state index contributed by atoms with van der Waals surface area (Å²) in [5.74, 6) is 2.46. The second-order valence-corrected chi connectivity index (χ2v) is 13.1. The summed E-state index contributed by atoms with van der Waals surface area (Å²) >= 11 is 1.48. The van der Waals surface area contributed by atoms with E-state index in [1.807, 2.05) is 83.2 Å². The molecule has 0 radical (unpaired) electrons. The number of carbonyl (C=O) groups excluding carboxylic acids is 1. The SMILES string of the molecule is COc1cc(CCN2CCN(CCCCOc3ccccc3N3Sc4ccccc4C(c4ccccc4)C3=O)CC2)cc(OC)c1OC. The standard InChI is InChI=1S/C39H45N3O5S/c1-44-34-27-29(28-35(45-2)38(34)46-3)19-21-41-24-22-40(23-25-41)20-11-12-26-47-33-17-9-8-16-32(33)42-39(43)37(30-13-5-4-6-14-30)31-15-7-10-18-36(31)48-42/h4-10,13-18,27-28,37H,11-12,19-26H2,1-3H3. The summed E-state index contributed by atoms with van der Waals surface area (Å²) in [5, 5.41) is 0. The van der Waals surface area contributed by atoms with Crippen LogP contribution in [0.1, 0.15) is 35.4 Å². The van der Waals surface area contributed by atoms with Crippen molar-refractivity contribution in [2.45, 2.75) is 30.1 Å². The van der Waals surface area contributed by atoms with Crippen LogP contribution in [0, 0.1) is 0 Å². The number of carbonyl (C=O) groups is 1. The average Bonchev–Trinajstić information content (AvgIpc) is 3.14. The quantitative estimate of drug-likeness (QED) is 0.106. The first-order valence-electron chi connectivity index (χ1n) is 16.7. The van der Waals surface area contributed by atoms with Crippen molar-refractivity contribution in [2.24, 2.45) is 0 Å². The van der Waals surface area contributed by atoms with E-state index in [2.05, 4.69) is 21.9 Å². The maximum Gasteiger partial charge on any atom is 0.249 e. The minimum atomic E-state index is -0.355. The van der Waals surface area contributed by atoms with E-state index in [0.29, 0.717) is 23.9 Å². The van der Waals surface area contributed by atoms with Gasteiger partial charge < -0.3 is 28.7 Å². The fourth-order valence-electron chi connectivity index (χ4n) is 6.50. The second-order valence-electron chi connectivity index (χ2n) is 12.1. The highest BCUT2D eigenvalue weighted by atomic mass is 32.2. The summed E-state index contributed by atoms with van der Waals surface area (Å²) < 4.78 is 24.7. The Hall–Kier alpha value is -4.18. The highest BCUT2D eigenvalue weighted by Gasteiger charge is 2.37. The molecule has 0 N–H and O–H groups in total. The Morgan fingerprint density at radius 1 is 0.708 bits per heavy atom. The number of para-hydroxylation sites is 2. The van der Waals surface area contributed by atoms with Crippen LogP contribution in [-0.2, 0) is 11.2 Å². The van der Waals surface area contributed by atoms with Crippen molar-refractivity contribution in [1.82, 2.24) is 9.80 Å². The molecule has 1 atom stereocenters. The van der Waals surface area contributed by atoms with Crippen LogP contribution in [-0.4, -0.2) is 82.9 Å². The Labute approximate surface area is 288 Å². The number of unbranched alkanes of at least 4 members (excludes halogenated alkanes) is 1. The molecule has 0 saturated carbocycles. The normalized spacial score (nSPS) is 16.8. The van der Waals surface area contributed by atoms with Gasteiger partial charge in [0.2, 0.25) is 11.7 Å². The van der Waals surface area contributed by atoms with Gasteiger partial charge in [0.1, 0.15) is 5.75 Å². The van der Waals surface area contributed by atoms with Crippen LogP contribution in [0.2, 0.25) is 0 Å². The van der Waals surface area contributed by atoms with Crippen molar-refractivity contribution >= 4 is 23.5 Å². The van der Waals surface area contributed by atoms with Crippen LogP contribution in [0.3, 0.4) is 0 Å². The predicted octanol–water partition coefficient (Wildman–Crippen LogP) is 6.92. The van der Waals surface area contributed by atoms with Gasteiger partial charge in [-0.25, -0.2) is 4.31 Å². The summed E-state index contributed by atoms with van der Waals surface area (Å²) in [5.41, 5.74) is 4.02. The number of rotatable bonds is 14. The van der Waals surface area contributed by atoms with E-state index in [1.54, 1.807) is 21.3 Å². The van der Waals surface area contributed by atoms with Crippen molar-refractivity contribution in [3.8, 4) is 23.0 Å².